The topological polar surface area (TPSA) is 37.4 Å². The maximum atomic E-state index is 12.3. The summed E-state index contributed by atoms with van der Waals surface area (Å²) in [6, 6.07) is 0. The first kappa shape index (κ1) is 19.0. The Bertz CT molecular complexity index is 530. The molecule has 0 aliphatic carbocycles. The van der Waals surface area contributed by atoms with Crippen molar-refractivity contribution in [2.24, 2.45) is 10.8 Å². The molecule has 1 aliphatic heterocycles. The number of carbonyl (C=O) groups is 2. The Kier molecular flexibility index (Phi) is 5.71. The molecule has 0 N–H and O–H groups in total. The Labute approximate surface area is 139 Å². The van der Waals surface area contributed by atoms with Gasteiger partial charge in [-0.25, -0.2) is 0 Å². The first-order valence-electron chi connectivity index (χ1n) is 7.72. The fourth-order valence-electron chi connectivity index (χ4n) is 2.04. The van der Waals surface area contributed by atoms with E-state index in [0.717, 1.165) is 15.6 Å². The third-order valence-electron chi connectivity index (χ3n) is 3.57. The van der Waals surface area contributed by atoms with E-state index in [9.17, 15) is 9.59 Å². The summed E-state index contributed by atoms with van der Waals surface area (Å²) in [7, 11) is 0. The molecule has 0 fully saturated rings. The fraction of sp³-hybridized carbons (Fsp3) is 0.667. The summed E-state index contributed by atoms with van der Waals surface area (Å²) in [6.07, 6.45) is 2.21. The van der Waals surface area contributed by atoms with E-state index < -0.39 is 0 Å². The molecule has 4 heteroatoms. The normalized spacial score (nSPS) is 18.4. The summed E-state index contributed by atoms with van der Waals surface area (Å²) >= 11 is 1.58. The largest absolute Gasteiger partial charge is 0.332 e. The molecule has 0 aromatic heterocycles. The highest BCUT2D eigenvalue weighted by Gasteiger charge is 2.30. The smallest absolute Gasteiger partial charge is 0.158 e. The summed E-state index contributed by atoms with van der Waals surface area (Å²) in [5, 5.41) is 0.877. The minimum Gasteiger partial charge on any atom is -0.332 e. The van der Waals surface area contributed by atoms with Gasteiger partial charge < -0.3 is 4.90 Å². The molecule has 0 amide bonds. The Hall–Kier alpha value is -1.03. The van der Waals surface area contributed by atoms with Crippen molar-refractivity contribution in [1.82, 2.24) is 4.90 Å². The Morgan fingerprint density at radius 2 is 1.64 bits per heavy atom. The van der Waals surface area contributed by atoms with E-state index >= 15 is 0 Å². The van der Waals surface area contributed by atoms with Crippen LogP contribution in [0.3, 0.4) is 0 Å². The van der Waals surface area contributed by atoms with Crippen LogP contribution in [0.5, 0.6) is 0 Å². The molecule has 0 aromatic rings. The minimum absolute atomic E-state index is 0.0268. The molecule has 0 bridgehead atoms. The summed E-state index contributed by atoms with van der Waals surface area (Å²) < 4.78 is 0. The van der Waals surface area contributed by atoms with Gasteiger partial charge >= 0.3 is 0 Å². The number of allylic oxidation sites excluding steroid dienone is 3. The maximum Gasteiger partial charge on any atom is 0.158 e. The van der Waals surface area contributed by atoms with Crippen molar-refractivity contribution in [3.63, 3.8) is 0 Å². The van der Waals surface area contributed by atoms with Gasteiger partial charge in [-0.05, 0) is 19.3 Å². The van der Waals surface area contributed by atoms with Gasteiger partial charge in [0.05, 0.1) is 11.6 Å². The minimum atomic E-state index is -0.373. The van der Waals surface area contributed by atoms with Crippen molar-refractivity contribution >= 4 is 23.3 Å². The van der Waals surface area contributed by atoms with Crippen LogP contribution in [0.4, 0.5) is 0 Å². The SMILES string of the molecule is CC1=C(C)N(CC(=O)C(C)(C)C)C(=CC(=O)CC(C)(C)C)S1. The zero-order valence-electron chi connectivity index (χ0n) is 15.2. The number of rotatable bonds is 4. The summed E-state index contributed by atoms with van der Waals surface area (Å²) in [4.78, 5) is 27.7. The number of Topliss-reactive ketones (excluding diaryl/α,β-unsaturated/α-hetero) is 1. The van der Waals surface area contributed by atoms with E-state index in [0.29, 0.717) is 13.0 Å². The monoisotopic (exact) mass is 323 g/mol. The van der Waals surface area contributed by atoms with Crippen LogP contribution in [0.25, 0.3) is 0 Å². The van der Waals surface area contributed by atoms with Gasteiger partial charge in [0.25, 0.3) is 0 Å². The summed E-state index contributed by atoms with van der Waals surface area (Å²) in [6.45, 7) is 16.3. The predicted molar refractivity (Wildman–Crippen MR) is 94.3 cm³/mol. The molecule has 0 aromatic carbocycles. The number of nitrogens with zero attached hydrogens (tertiary/aromatic N) is 1. The molecule has 1 aliphatic rings. The molecule has 0 saturated carbocycles. The molecule has 124 valence electrons. The van der Waals surface area contributed by atoms with Gasteiger partial charge in [-0.3, -0.25) is 9.59 Å². The van der Waals surface area contributed by atoms with Crippen LogP contribution in [-0.2, 0) is 9.59 Å². The second-order valence-electron chi connectivity index (χ2n) is 8.19. The second-order valence-corrected chi connectivity index (χ2v) is 9.42. The lowest BCUT2D eigenvalue weighted by atomic mass is 9.90. The average Bonchev–Trinajstić information content (AvgIpc) is 2.53. The van der Waals surface area contributed by atoms with Crippen LogP contribution in [0.2, 0.25) is 0 Å². The van der Waals surface area contributed by atoms with Gasteiger partial charge in [0.1, 0.15) is 0 Å². The van der Waals surface area contributed by atoms with E-state index in [1.54, 1.807) is 17.8 Å². The highest BCUT2D eigenvalue weighted by atomic mass is 32.2. The molecule has 1 rings (SSSR count). The zero-order valence-corrected chi connectivity index (χ0v) is 16.0. The molecule has 0 saturated heterocycles. The third-order valence-corrected chi connectivity index (χ3v) is 4.71. The van der Waals surface area contributed by atoms with Crippen molar-refractivity contribution in [3.8, 4) is 0 Å². The van der Waals surface area contributed by atoms with Crippen LogP contribution in [0.15, 0.2) is 21.7 Å². The lowest BCUT2D eigenvalue weighted by Gasteiger charge is -2.25. The summed E-state index contributed by atoms with van der Waals surface area (Å²) in [5.74, 6) is 0.294. The molecule has 0 spiro atoms. The first-order chi connectivity index (χ1) is 9.81. The third kappa shape index (κ3) is 5.31. The fourth-order valence-corrected chi connectivity index (χ4v) is 3.11. The number of thioether (sulfide) groups is 1. The lowest BCUT2D eigenvalue weighted by Crippen LogP contribution is -2.33. The van der Waals surface area contributed by atoms with Crippen LogP contribution in [0, 0.1) is 10.8 Å². The molecule has 3 nitrogen and oxygen atoms in total. The van der Waals surface area contributed by atoms with Gasteiger partial charge in [-0.2, -0.15) is 0 Å². The lowest BCUT2D eigenvalue weighted by molar-refractivity contribution is -0.126. The van der Waals surface area contributed by atoms with Gasteiger partial charge in [0, 0.05) is 28.5 Å². The van der Waals surface area contributed by atoms with Gasteiger partial charge in [0.2, 0.25) is 0 Å². The van der Waals surface area contributed by atoms with Crippen LogP contribution in [0.1, 0.15) is 61.8 Å². The summed E-state index contributed by atoms with van der Waals surface area (Å²) in [5.41, 5.74) is 0.667. The molecule has 0 radical (unpaired) electrons. The number of hydrogen-bond acceptors (Lipinski definition) is 4. The second kappa shape index (κ2) is 6.61. The Morgan fingerprint density at radius 3 is 2.09 bits per heavy atom. The number of ketones is 2. The Morgan fingerprint density at radius 1 is 1.09 bits per heavy atom. The highest BCUT2D eigenvalue weighted by molar-refractivity contribution is 8.06. The molecule has 22 heavy (non-hydrogen) atoms. The zero-order chi connectivity index (χ0) is 17.3. The van der Waals surface area contributed by atoms with Crippen LogP contribution in [-0.4, -0.2) is 23.0 Å². The van der Waals surface area contributed by atoms with Crippen molar-refractivity contribution in [2.45, 2.75) is 61.8 Å². The van der Waals surface area contributed by atoms with Gasteiger partial charge in [-0.1, -0.05) is 53.3 Å². The van der Waals surface area contributed by atoms with Crippen molar-refractivity contribution in [3.05, 3.63) is 21.7 Å². The van der Waals surface area contributed by atoms with E-state index in [2.05, 4.69) is 20.8 Å². The number of hydrogen-bond donors (Lipinski definition) is 0. The molecule has 1 heterocycles. The van der Waals surface area contributed by atoms with E-state index in [-0.39, 0.29) is 22.4 Å². The van der Waals surface area contributed by atoms with Crippen molar-refractivity contribution in [2.75, 3.05) is 6.54 Å². The molecular weight excluding hydrogens is 294 g/mol. The van der Waals surface area contributed by atoms with E-state index in [1.807, 2.05) is 39.5 Å². The molecular formula is C18H29NO2S. The van der Waals surface area contributed by atoms with Crippen molar-refractivity contribution in [1.29, 1.82) is 0 Å². The van der Waals surface area contributed by atoms with Gasteiger partial charge in [-0.15, -0.1) is 0 Å². The predicted octanol–water partition coefficient (Wildman–Crippen LogP) is 4.75. The first-order valence-corrected chi connectivity index (χ1v) is 8.53. The number of carbonyl (C=O) groups excluding carboxylic acids is 2. The van der Waals surface area contributed by atoms with Crippen LogP contribution < -0.4 is 0 Å². The van der Waals surface area contributed by atoms with Crippen molar-refractivity contribution < 1.29 is 9.59 Å². The van der Waals surface area contributed by atoms with E-state index in [1.165, 1.54) is 0 Å². The average molecular weight is 324 g/mol. The van der Waals surface area contributed by atoms with E-state index in [4.69, 9.17) is 0 Å². The molecule has 0 unspecified atom stereocenters. The van der Waals surface area contributed by atoms with Crippen LogP contribution >= 0.6 is 11.8 Å². The van der Waals surface area contributed by atoms with Gasteiger partial charge in [0.15, 0.2) is 11.6 Å². The maximum absolute atomic E-state index is 12.3. The Balaban J connectivity index is 2.96. The standard InChI is InChI=1S/C18H29NO2S/c1-12-13(2)22-16(9-14(20)10-17(3,4)5)19(12)11-15(21)18(6,7)8/h9H,10-11H2,1-8H3. The highest BCUT2D eigenvalue weighted by Crippen LogP contribution is 2.41. The quantitative estimate of drug-likeness (QED) is 0.700. The molecule has 0 atom stereocenters.